The number of nitrogens with two attached hydrogens (primary N) is 2. The molecule has 1 saturated heterocycles. The van der Waals surface area contributed by atoms with Crippen LogP contribution in [0.1, 0.15) is 46.0 Å². The van der Waals surface area contributed by atoms with Gasteiger partial charge in [0.15, 0.2) is 0 Å². The summed E-state index contributed by atoms with van der Waals surface area (Å²) >= 11 is 0. The fourth-order valence-corrected chi connectivity index (χ4v) is 1.99. The third-order valence-corrected chi connectivity index (χ3v) is 3.32. The van der Waals surface area contributed by atoms with Crippen molar-refractivity contribution in [1.82, 2.24) is 22.1 Å². The molecule has 0 aliphatic carbocycles. The molecule has 10 heteroatoms. The number of carbonyl (C=O) groups excluding carboxylic acids is 4. The minimum Gasteiger partial charge on any atom is -0.370 e. The van der Waals surface area contributed by atoms with Crippen LogP contribution in [0.4, 0.5) is 0 Å². The zero-order valence-electron chi connectivity index (χ0n) is 14.4. The van der Waals surface area contributed by atoms with Gasteiger partial charge in [0.05, 0.1) is 6.04 Å². The van der Waals surface area contributed by atoms with Crippen molar-refractivity contribution in [2.75, 3.05) is 14.1 Å². The molecule has 0 radical (unpaired) electrons. The molecule has 1 fully saturated rings. The van der Waals surface area contributed by atoms with Crippen LogP contribution in [0.3, 0.4) is 0 Å². The van der Waals surface area contributed by atoms with Crippen LogP contribution in [0.5, 0.6) is 0 Å². The zero-order valence-corrected chi connectivity index (χ0v) is 14.4. The smallest absolute Gasteiger partial charge is 0.242 e. The number of carbonyl (C=O) groups is 4. The molecule has 1 aliphatic heterocycles. The lowest BCUT2D eigenvalue weighted by Crippen LogP contribution is -2.48. The van der Waals surface area contributed by atoms with Crippen LogP contribution in [0.2, 0.25) is 0 Å². The maximum Gasteiger partial charge on any atom is 0.242 e. The molecule has 4 amide bonds. The molecule has 0 aromatic heterocycles. The molecule has 1 heterocycles. The van der Waals surface area contributed by atoms with E-state index in [0.29, 0.717) is 19.3 Å². The molecule has 0 bridgehead atoms. The number of piperidine rings is 1. The van der Waals surface area contributed by atoms with Crippen molar-refractivity contribution in [3.63, 3.8) is 0 Å². The summed E-state index contributed by atoms with van der Waals surface area (Å²) in [5.41, 5.74) is 10.4. The quantitative estimate of drug-likeness (QED) is 0.348. The number of nitrogens with one attached hydrogen (secondary N) is 3. The Morgan fingerprint density at radius 3 is 2.32 bits per heavy atom. The molecule has 1 aliphatic rings. The van der Waals surface area contributed by atoms with Crippen molar-refractivity contribution >= 4 is 23.6 Å². The normalized spacial score (nSPS) is 16.4. The highest BCUT2D eigenvalue weighted by molar-refractivity contribution is 5.88. The topological polar surface area (TPSA) is 191 Å². The highest BCUT2D eigenvalue weighted by Gasteiger charge is 2.23. The maximum absolute atomic E-state index is 11.0. The number of amides is 4. The molecule has 0 saturated carbocycles. The molecule has 2 unspecified atom stereocenters. The molecule has 148 valence electrons. The molecule has 0 aromatic carbocycles. The lowest BCUT2D eigenvalue weighted by molar-refractivity contribution is -0.130. The average Bonchev–Trinajstić information content (AvgIpc) is 2.53. The Balaban J connectivity index is -0.000000359. The molecule has 2 atom stereocenters. The van der Waals surface area contributed by atoms with E-state index >= 15 is 0 Å². The van der Waals surface area contributed by atoms with Crippen LogP contribution in [-0.4, -0.2) is 49.8 Å². The van der Waals surface area contributed by atoms with Gasteiger partial charge in [0, 0.05) is 26.9 Å². The summed E-state index contributed by atoms with van der Waals surface area (Å²) in [6, 6.07) is -0.837. The fourth-order valence-electron chi connectivity index (χ4n) is 1.99. The third kappa shape index (κ3) is 12.8. The van der Waals surface area contributed by atoms with Crippen LogP contribution >= 0.6 is 0 Å². The van der Waals surface area contributed by atoms with E-state index in [1.165, 1.54) is 7.05 Å². The third-order valence-electron chi connectivity index (χ3n) is 3.32. The second-order valence-corrected chi connectivity index (χ2v) is 5.21. The van der Waals surface area contributed by atoms with Gasteiger partial charge in [0.25, 0.3) is 0 Å². The van der Waals surface area contributed by atoms with Crippen LogP contribution < -0.4 is 33.6 Å². The van der Waals surface area contributed by atoms with E-state index in [1.54, 1.807) is 7.05 Å². The molecule has 0 aromatic rings. The van der Waals surface area contributed by atoms with Gasteiger partial charge >= 0.3 is 0 Å². The zero-order chi connectivity index (χ0) is 17.8. The maximum atomic E-state index is 11.0. The van der Waals surface area contributed by atoms with Gasteiger partial charge in [-0.3, -0.25) is 19.2 Å². The average molecular weight is 362 g/mol. The first-order valence-electron chi connectivity index (χ1n) is 7.58. The molecular weight excluding hydrogens is 328 g/mol. The number of likely N-dealkylation sites (N-methyl/N-ethyl adjacent to an activating group) is 2. The van der Waals surface area contributed by atoms with E-state index in [4.69, 9.17) is 11.5 Å². The second kappa shape index (κ2) is 15.3. The van der Waals surface area contributed by atoms with E-state index in [-0.39, 0.29) is 49.7 Å². The summed E-state index contributed by atoms with van der Waals surface area (Å²) in [6.07, 6.45) is 3.44. The van der Waals surface area contributed by atoms with Crippen LogP contribution in [0.25, 0.3) is 0 Å². The number of hydrogen-bond donors (Lipinski definition) is 6. The molecule has 1 rings (SSSR count). The van der Waals surface area contributed by atoms with Crippen molar-refractivity contribution in [3.05, 3.63) is 0 Å². The van der Waals surface area contributed by atoms with E-state index in [1.807, 2.05) is 0 Å². The summed E-state index contributed by atoms with van der Waals surface area (Å²) in [7, 11) is 3.10. The summed E-state index contributed by atoms with van der Waals surface area (Å²) in [4.78, 5) is 42.9. The van der Waals surface area contributed by atoms with E-state index in [0.717, 1.165) is 12.8 Å². The first-order valence-corrected chi connectivity index (χ1v) is 7.58. The van der Waals surface area contributed by atoms with Gasteiger partial charge in [-0.25, -0.2) is 0 Å². The Hall–Kier alpha value is -2.20. The van der Waals surface area contributed by atoms with Crippen molar-refractivity contribution in [2.24, 2.45) is 11.5 Å². The minimum atomic E-state index is -0.533. The Bertz CT molecular complexity index is 430. The molecular formula is C15H34N6O4. The predicted molar refractivity (Wildman–Crippen MR) is 96.7 cm³/mol. The first-order chi connectivity index (χ1) is 10.8. The van der Waals surface area contributed by atoms with Crippen molar-refractivity contribution in [2.45, 2.75) is 58.0 Å². The van der Waals surface area contributed by atoms with Gasteiger partial charge in [0.1, 0.15) is 6.04 Å². The summed E-state index contributed by atoms with van der Waals surface area (Å²) < 4.78 is 0. The monoisotopic (exact) mass is 362 g/mol. The van der Waals surface area contributed by atoms with Crippen molar-refractivity contribution in [1.29, 1.82) is 0 Å². The molecule has 25 heavy (non-hydrogen) atoms. The van der Waals surface area contributed by atoms with Gasteiger partial charge in [0.2, 0.25) is 23.6 Å². The fraction of sp³-hybridized carbons (Fsp3) is 0.733. The SMILES string of the molecule is C.CNC(=O)C(N)CCCC(N)=O.CNC(=O)C1CCCC(=O)N1.N. The van der Waals surface area contributed by atoms with E-state index in [9.17, 15) is 19.2 Å². The van der Waals surface area contributed by atoms with Crippen LogP contribution in [-0.2, 0) is 19.2 Å². The summed E-state index contributed by atoms with van der Waals surface area (Å²) in [5, 5.41) is 7.54. The molecule has 0 spiro atoms. The Morgan fingerprint density at radius 2 is 1.88 bits per heavy atom. The van der Waals surface area contributed by atoms with Gasteiger partial charge < -0.3 is 33.6 Å². The Labute approximate surface area is 149 Å². The highest BCUT2D eigenvalue weighted by atomic mass is 16.2. The number of primary amides is 1. The second-order valence-electron chi connectivity index (χ2n) is 5.21. The first kappa shape index (κ1) is 27.6. The standard InChI is InChI=1S/C7H15N3O2.C7H12N2O2.CH4.H3N/c1-10-7(12)5(8)3-2-4-6(9)11;1-8-7(11)5-3-2-4-6(10)9-5;;/h5H,2-4,8H2,1H3,(H2,9,11)(H,10,12);5H,2-4H2,1H3,(H,8,11)(H,9,10);1H4;1H3. The lowest BCUT2D eigenvalue weighted by Gasteiger charge is -2.21. The minimum absolute atomic E-state index is 0. The van der Waals surface area contributed by atoms with Crippen LogP contribution in [0.15, 0.2) is 0 Å². The van der Waals surface area contributed by atoms with Gasteiger partial charge in [-0.15, -0.1) is 0 Å². The van der Waals surface area contributed by atoms with Gasteiger partial charge in [-0.1, -0.05) is 7.43 Å². The Morgan fingerprint density at radius 1 is 1.28 bits per heavy atom. The predicted octanol–water partition coefficient (Wildman–Crippen LogP) is -1.09. The summed E-state index contributed by atoms with van der Waals surface area (Å²) in [6.45, 7) is 0. The molecule has 10 nitrogen and oxygen atoms in total. The van der Waals surface area contributed by atoms with Gasteiger partial charge in [-0.05, 0) is 25.7 Å². The van der Waals surface area contributed by atoms with Gasteiger partial charge in [-0.2, -0.15) is 0 Å². The summed E-state index contributed by atoms with van der Waals surface area (Å²) in [5.74, 6) is -0.693. The highest BCUT2D eigenvalue weighted by Crippen LogP contribution is 2.07. The van der Waals surface area contributed by atoms with E-state index in [2.05, 4.69) is 16.0 Å². The largest absolute Gasteiger partial charge is 0.370 e. The lowest BCUT2D eigenvalue weighted by atomic mass is 10.0. The number of rotatable bonds is 6. The Kier molecular flexibility index (Phi) is 17.0. The number of hydrogen-bond acceptors (Lipinski definition) is 6. The molecule has 10 N–H and O–H groups in total. The van der Waals surface area contributed by atoms with Crippen LogP contribution in [0, 0.1) is 0 Å². The van der Waals surface area contributed by atoms with Crippen molar-refractivity contribution < 1.29 is 19.2 Å². The van der Waals surface area contributed by atoms with Crippen molar-refractivity contribution in [3.8, 4) is 0 Å². The van der Waals surface area contributed by atoms with E-state index < -0.39 is 6.04 Å².